The minimum atomic E-state index is -0.547. The predicted molar refractivity (Wildman–Crippen MR) is 152 cm³/mol. The summed E-state index contributed by atoms with van der Waals surface area (Å²) < 4.78 is 11.1. The number of aromatic nitrogens is 1. The molecule has 2 saturated heterocycles. The van der Waals surface area contributed by atoms with E-state index < -0.39 is 5.60 Å². The topological polar surface area (TPSA) is 104 Å². The summed E-state index contributed by atoms with van der Waals surface area (Å²) in [5.41, 5.74) is 4.95. The van der Waals surface area contributed by atoms with Gasteiger partial charge < -0.3 is 29.6 Å². The third-order valence-electron chi connectivity index (χ3n) is 7.69. The number of hydrogen-bond acceptors (Lipinski definition) is 6. The van der Waals surface area contributed by atoms with Crippen molar-refractivity contribution in [3.63, 3.8) is 0 Å². The monoisotopic (exact) mass is 538 g/mol. The molecule has 2 aliphatic rings. The Labute approximate surface area is 230 Å². The van der Waals surface area contributed by atoms with E-state index in [2.05, 4.69) is 28.3 Å². The van der Waals surface area contributed by atoms with Gasteiger partial charge in [0.25, 0.3) is 11.5 Å². The van der Waals surface area contributed by atoms with Gasteiger partial charge in [0.2, 0.25) is 0 Å². The highest BCUT2D eigenvalue weighted by Gasteiger charge is 2.36. The lowest BCUT2D eigenvalue weighted by molar-refractivity contribution is 0.00817. The Balaban J connectivity index is 1.59. The van der Waals surface area contributed by atoms with Crippen LogP contribution in [-0.2, 0) is 16.0 Å². The summed E-state index contributed by atoms with van der Waals surface area (Å²) in [6.45, 7) is 13.9. The number of carbonyl (C=O) groups excluding carboxylic acids is 2. The maximum Gasteiger partial charge on any atom is 0.410 e. The van der Waals surface area contributed by atoms with Crippen LogP contribution >= 0.6 is 0 Å². The van der Waals surface area contributed by atoms with Crippen LogP contribution in [0.2, 0.25) is 0 Å². The summed E-state index contributed by atoms with van der Waals surface area (Å²) in [5, 5.41) is 2.98. The average Bonchev–Trinajstić information content (AvgIpc) is 2.82. The van der Waals surface area contributed by atoms with Gasteiger partial charge in [-0.05, 0) is 89.3 Å². The average molecular weight is 539 g/mol. The van der Waals surface area contributed by atoms with Crippen molar-refractivity contribution in [2.24, 2.45) is 0 Å². The first-order valence-electron chi connectivity index (χ1n) is 13.7. The molecule has 0 atom stereocenters. The number of H-pyrrole nitrogens is 1. The number of aromatic amines is 1. The van der Waals surface area contributed by atoms with E-state index in [4.69, 9.17) is 9.47 Å². The van der Waals surface area contributed by atoms with Gasteiger partial charge in [0.1, 0.15) is 5.60 Å². The molecule has 0 radical (unpaired) electrons. The lowest BCUT2D eigenvalue weighted by Crippen LogP contribution is -2.50. The molecule has 2 N–H and O–H groups in total. The van der Waals surface area contributed by atoms with E-state index in [1.165, 1.54) is 0 Å². The molecule has 0 unspecified atom stereocenters. The van der Waals surface area contributed by atoms with Crippen molar-refractivity contribution in [3.05, 3.63) is 62.1 Å². The summed E-state index contributed by atoms with van der Waals surface area (Å²) in [6, 6.07) is 6.32. The summed E-state index contributed by atoms with van der Waals surface area (Å²) in [7, 11) is 2.08. The number of nitrogens with zero attached hydrogens (tertiary/aromatic N) is 2. The van der Waals surface area contributed by atoms with Gasteiger partial charge in [-0.15, -0.1) is 0 Å². The van der Waals surface area contributed by atoms with Crippen LogP contribution in [0.4, 0.5) is 10.5 Å². The molecular formula is C30H42N4O5. The molecule has 1 aromatic carbocycles. The van der Waals surface area contributed by atoms with Crippen LogP contribution in [-0.4, -0.2) is 66.9 Å². The fourth-order valence-corrected chi connectivity index (χ4v) is 5.36. The minimum absolute atomic E-state index is 0.105. The lowest BCUT2D eigenvalue weighted by Gasteiger charge is -2.41. The number of hydrogen-bond donors (Lipinski definition) is 2. The van der Waals surface area contributed by atoms with Crippen molar-refractivity contribution >= 4 is 17.7 Å². The van der Waals surface area contributed by atoms with E-state index in [1.54, 1.807) is 4.90 Å². The normalized spacial score (nSPS) is 16.5. The van der Waals surface area contributed by atoms with E-state index in [0.29, 0.717) is 30.3 Å². The van der Waals surface area contributed by atoms with Crippen molar-refractivity contribution in [2.45, 2.75) is 78.5 Å². The van der Waals surface area contributed by atoms with E-state index in [1.807, 2.05) is 53.7 Å². The third kappa shape index (κ3) is 6.64. The number of aryl methyl sites for hydroxylation is 2. The molecule has 39 heavy (non-hydrogen) atoms. The van der Waals surface area contributed by atoms with Crippen LogP contribution in [0.5, 0.6) is 0 Å². The predicted octanol–water partition coefficient (Wildman–Crippen LogP) is 4.18. The van der Waals surface area contributed by atoms with Crippen LogP contribution in [0.3, 0.4) is 0 Å². The van der Waals surface area contributed by atoms with Crippen LogP contribution in [0.15, 0.2) is 23.0 Å². The molecule has 0 spiro atoms. The number of amides is 2. The van der Waals surface area contributed by atoms with Gasteiger partial charge in [0.05, 0.1) is 0 Å². The molecule has 9 nitrogen and oxygen atoms in total. The van der Waals surface area contributed by atoms with Gasteiger partial charge in [-0.2, -0.15) is 0 Å². The van der Waals surface area contributed by atoms with Crippen molar-refractivity contribution in [1.82, 2.24) is 15.2 Å². The minimum Gasteiger partial charge on any atom is -0.444 e. The zero-order chi connectivity index (χ0) is 28.5. The molecule has 0 bridgehead atoms. The molecular weight excluding hydrogens is 496 g/mol. The second-order valence-corrected chi connectivity index (χ2v) is 11.9. The summed E-state index contributed by atoms with van der Waals surface area (Å²) in [4.78, 5) is 45.3. The first kappa shape index (κ1) is 28.7. The first-order chi connectivity index (χ1) is 18.3. The molecule has 2 fully saturated rings. The van der Waals surface area contributed by atoms with E-state index in [9.17, 15) is 14.4 Å². The molecule has 212 valence electrons. The van der Waals surface area contributed by atoms with Gasteiger partial charge in [0, 0.05) is 74.4 Å². The highest BCUT2D eigenvalue weighted by Crippen LogP contribution is 2.35. The lowest BCUT2D eigenvalue weighted by atomic mass is 9.88. The Morgan fingerprint density at radius 1 is 1.13 bits per heavy atom. The molecule has 9 heteroatoms. The first-order valence-corrected chi connectivity index (χ1v) is 13.7. The fourth-order valence-electron chi connectivity index (χ4n) is 5.36. The number of nitrogens with one attached hydrogen (secondary N) is 2. The van der Waals surface area contributed by atoms with Crippen molar-refractivity contribution in [3.8, 4) is 0 Å². The number of benzene rings is 1. The largest absolute Gasteiger partial charge is 0.444 e. The Kier molecular flexibility index (Phi) is 8.39. The molecule has 0 aliphatic carbocycles. The third-order valence-corrected chi connectivity index (χ3v) is 7.69. The summed E-state index contributed by atoms with van der Waals surface area (Å²) >= 11 is 0. The summed E-state index contributed by atoms with van der Waals surface area (Å²) in [5.74, 6) is -0.118. The SMILES string of the molecule is Cc1cc(C)c(CNC(=O)c2cc(C3CN(C(=O)OC(C)(C)C)C3)cc(N(C)C3CCOCC3)c2C)c(=O)[nH]1. The number of rotatable bonds is 6. The Hall–Kier alpha value is -3.33. The molecule has 0 saturated carbocycles. The van der Waals surface area contributed by atoms with E-state index >= 15 is 0 Å². The van der Waals surface area contributed by atoms with Gasteiger partial charge in [-0.25, -0.2) is 4.79 Å². The Morgan fingerprint density at radius 2 is 1.79 bits per heavy atom. The number of anilines is 1. The second kappa shape index (κ2) is 11.4. The quantitative estimate of drug-likeness (QED) is 0.572. The zero-order valence-corrected chi connectivity index (χ0v) is 24.3. The van der Waals surface area contributed by atoms with Crippen LogP contribution in [0.25, 0.3) is 0 Å². The Bertz CT molecular complexity index is 1280. The van der Waals surface area contributed by atoms with Crippen molar-refractivity contribution in [1.29, 1.82) is 0 Å². The van der Waals surface area contributed by atoms with Gasteiger partial charge in [0.15, 0.2) is 0 Å². The molecule has 1 aromatic heterocycles. The Morgan fingerprint density at radius 3 is 2.41 bits per heavy atom. The number of carbonyl (C=O) groups is 2. The highest BCUT2D eigenvalue weighted by atomic mass is 16.6. The molecule has 4 rings (SSSR count). The van der Waals surface area contributed by atoms with E-state index in [-0.39, 0.29) is 30.0 Å². The number of pyridine rings is 1. The van der Waals surface area contributed by atoms with Gasteiger partial charge in [-0.1, -0.05) is 0 Å². The zero-order valence-electron chi connectivity index (χ0n) is 24.3. The smallest absolute Gasteiger partial charge is 0.410 e. The maximum atomic E-state index is 13.5. The van der Waals surface area contributed by atoms with Gasteiger partial charge >= 0.3 is 6.09 Å². The fraction of sp³-hybridized carbons (Fsp3) is 0.567. The summed E-state index contributed by atoms with van der Waals surface area (Å²) in [6.07, 6.45) is 1.53. The van der Waals surface area contributed by atoms with Crippen LogP contribution in [0.1, 0.15) is 77.8 Å². The molecule has 2 aliphatic heterocycles. The van der Waals surface area contributed by atoms with Crippen molar-refractivity contribution in [2.75, 3.05) is 38.3 Å². The standard InChI is InChI=1S/C30H42N4O5/c1-18-12-19(2)32-28(36)25(18)15-31-27(35)24-13-21(22-16-34(17-22)29(37)39-30(4,5)6)14-26(20(24)3)33(7)23-8-10-38-11-9-23/h12-14,22-23H,8-11,15-17H2,1-7H3,(H,31,35)(H,32,36). The molecule has 2 aromatic rings. The van der Waals surface area contributed by atoms with Crippen LogP contribution in [0, 0.1) is 20.8 Å². The maximum absolute atomic E-state index is 13.5. The number of ether oxygens (including phenoxy) is 2. The number of likely N-dealkylation sites (tertiary alicyclic amines) is 1. The molecule has 3 heterocycles. The van der Waals surface area contributed by atoms with Crippen LogP contribution < -0.4 is 15.8 Å². The highest BCUT2D eigenvalue weighted by molar-refractivity contribution is 5.97. The molecule has 2 amide bonds. The van der Waals surface area contributed by atoms with Gasteiger partial charge in [-0.3, -0.25) is 9.59 Å². The van der Waals surface area contributed by atoms with E-state index in [0.717, 1.165) is 54.1 Å². The van der Waals surface area contributed by atoms with Crippen molar-refractivity contribution < 1.29 is 19.1 Å². The second-order valence-electron chi connectivity index (χ2n) is 11.9.